The van der Waals surface area contributed by atoms with Crippen LogP contribution < -0.4 is 5.32 Å². The molecule has 5 heteroatoms. The van der Waals surface area contributed by atoms with E-state index in [1.807, 2.05) is 30.3 Å². The lowest BCUT2D eigenvalue weighted by Gasteiger charge is -2.09. The van der Waals surface area contributed by atoms with Crippen molar-refractivity contribution in [3.63, 3.8) is 0 Å². The average molecular weight is 355 g/mol. The maximum atomic E-state index is 11.6. The van der Waals surface area contributed by atoms with E-state index >= 15 is 0 Å². The highest BCUT2D eigenvalue weighted by atomic mass is 79.9. The summed E-state index contributed by atoms with van der Waals surface area (Å²) in [5.74, 6) is -0.443. The van der Waals surface area contributed by atoms with Gasteiger partial charge in [-0.2, -0.15) is 0 Å². The minimum Gasteiger partial charge on any atom is -0.465 e. The van der Waals surface area contributed by atoms with Gasteiger partial charge in [0.25, 0.3) is 0 Å². The van der Waals surface area contributed by atoms with Gasteiger partial charge in [-0.3, -0.25) is 0 Å². The van der Waals surface area contributed by atoms with Crippen molar-refractivity contribution in [1.82, 2.24) is 0 Å². The number of nitrogens with one attached hydrogen (secondary N) is 1. The standard InChI is InChI=1S/C15H13BrClNO2/c1-20-15(19)13-8-12(5-6-14(13)17)18-9-10-3-2-4-11(16)7-10/h2-8,18H,9H2,1H3. The van der Waals surface area contributed by atoms with Gasteiger partial charge in [-0.1, -0.05) is 39.7 Å². The number of methoxy groups -OCH3 is 1. The van der Waals surface area contributed by atoms with Crippen molar-refractivity contribution in [2.75, 3.05) is 12.4 Å². The molecule has 0 aliphatic heterocycles. The minimum absolute atomic E-state index is 0.355. The first-order valence-corrected chi connectivity index (χ1v) is 7.13. The van der Waals surface area contributed by atoms with Crippen LogP contribution in [0.3, 0.4) is 0 Å². The smallest absolute Gasteiger partial charge is 0.339 e. The molecular weight excluding hydrogens is 342 g/mol. The van der Waals surface area contributed by atoms with Gasteiger partial charge in [0.05, 0.1) is 17.7 Å². The maximum Gasteiger partial charge on any atom is 0.339 e. The molecule has 0 spiro atoms. The van der Waals surface area contributed by atoms with Crippen LogP contribution >= 0.6 is 27.5 Å². The van der Waals surface area contributed by atoms with Crippen LogP contribution in [0.15, 0.2) is 46.9 Å². The maximum absolute atomic E-state index is 11.6. The highest BCUT2D eigenvalue weighted by molar-refractivity contribution is 9.10. The summed E-state index contributed by atoms with van der Waals surface area (Å²) in [5.41, 5.74) is 2.30. The number of carbonyl (C=O) groups is 1. The van der Waals surface area contributed by atoms with Crippen LogP contribution in [0, 0.1) is 0 Å². The molecule has 0 atom stereocenters. The van der Waals surface area contributed by atoms with Gasteiger partial charge in [-0.15, -0.1) is 0 Å². The van der Waals surface area contributed by atoms with Crippen molar-refractivity contribution in [2.45, 2.75) is 6.54 Å². The van der Waals surface area contributed by atoms with Gasteiger partial charge >= 0.3 is 5.97 Å². The van der Waals surface area contributed by atoms with Crippen molar-refractivity contribution in [2.24, 2.45) is 0 Å². The van der Waals surface area contributed by atoms with E-state index in [4.69, 9.17) is 16.3 Å². The van der Waals surface area contributed by atoms with Crippen LogP contribution in [0.25, 0.3) is 0 Å². The van der Waals surface area contributed by atoms with Crippen LogP contribution in [0.5, 0.6) is 0 Å². The monoisotopic (exact) mass is 353 g/mol. The Morgan fingerprint density at radius 3 is 2.80 bits per heavy atom. The van der Waals surface area contributed by atoms with E-state index in [9.17, 15) is 4.79 Å². The summed E-state index contributed by atoms with van der Waals surface area (Å²) in [4.78, 5) is 11.6. The van der Waals surface area contributed by atoms with E-state index < -0.39 is 5.97 Å². The van der Waals surface area contributed by atoms with Gasteiger partial charge in [0.1, 0.15) is 0 Å². The van der Waals surface area contributed by atoms with Crippen molar-refractivity contribution in [3.05, 3.63) is 63.1 Å². The molecule has 0 aliphatic carbocycles. The molecular formula is C15H13BrClNO2. The lowest BCUT2D eigenvalue weighted by atomic mass is 10.2. The third-order valence-corrected chi connectivity index (χ3v) is 3.58. The van der Waals surface area contributed by atoms with Crippen LogP contribution in [0.2, 0.25) is 5.02 Å². The highest BCUT2D eigenvalue weighted by Gasteiger charge is 2.11. The number of esters is 1. The predicted octanol–water partition coefficient (Wildman–Crippen LogP) is 4.50. The number of benzene rings is 2. The quantitative estimate of drug-likeness (QED) is 0.822. The molecule has 0 saturated heterocycles. The average Bonchev–Trinajstić information content (AvgIpc) is 2.45. The molecule has 3 nitrogen and oxygen atoms in total. The predicted molar refractivity (Wildman–Crippen MR) is 84.3 cm³/mol. The Balaban J connectivity index is 2.12. The summed E-state index contributed by atoms with van der Waals surface area (Å²) in [7, 11) is 1.33. The van der Waals surface area contributed by atoms with E-state index in [0.29, 0.717) is 17.1 Å². The number of carbonyl (C=O) groups excluding carboxylic acids is 1. The number of hydrogen-bond donors (Lipinski definition) is 1. The first-order chi connectivity index (χ1) is 9.60. The van der Waals surface area contributed by atoms with Crippen LogP contribution in [0.4, 0.5) is 5.69 Å². The second-order valence-electron chi connectivity index (χ2n) is 4.17. The van der Waals surface area contributed by atoms with Crippen molar-refractivity contribution in [1.29, 1.82) is 0 Å². The lowest BCUT2D eigenvalue weighted by Crippen LogP contribution is -2.05. The Hall–Kier alpha value is -1.52. The number of rotatable bonds is 4. The Morgan fingerprint density at radius 1 is 1.30 bits per heavy atom. The van der Waals surface area contributed by atoms with Crippen LogP contribution in [0.1, 0.15) is 15.9 Å². The van der Waals surface area contributed by atoms with Gasteiger partial charge in [0.15, 0.2) is 0 Å². The molecule has 0 aromatic heterocycles. The molecule has 2 rings (SSSR count). The zero-order valence-electron chi connectivity index (χ0n) is 10.8. The first kappa shape index (κ1) is 14.9. The zero-order chi connectivity index (χ0) is 14.5. The molecule has 104 valence electrons. The Morgan fingerprint density at radius 2 is 2.10 bits per heavy atom. The summed E-state index contributed by atoms with van der Waals surface area (Å²) >= 11 is 9.40. The summed E-state index contributed by atoms with van der Waals surface area (Å²) in [6, 6.07) is 13.2. The molecule has 0 unspecified atom stereocenters. The zero-order valence-corrected chi connectivity index (χ0v) is 13.2. The molecule has 0 bridgehead atoms. The molecule has 0 radical (unpaired) electrons. The first-order valence-electron chi connectivity index (χ1n) is 5.96. The van der Waals surface area contributed by atoms with Gasteiger partial charge in [0, 0.05) is 16.7 Å². The topological polar surface area (TPSA) is 38.3 Å². The van der Waals surface area contributed by atoms with Gasteiger partial charge in [-0.25, -0.2) is 4.79 Å². The van der Waals surface area contributed by atoms with Crippen molar-refractivity contribution in [3.8, 4) is 0 Å². The summed E-state index contributed by atoms with van der Waals surface area (Å²) in [6.07, 6.45) is 0. The van der Waals surface area contributed by atoms with Gasteiger partial charge in [0.2, 0.25) is 0 Å². The molecule has 20 heavy (non-hydrogen) atoms. The summed E-state index contributed by atoms with van der Waals surface area (Å²) in [6.45, 7) is 0.654. The molecule has 0 aliphatic rings. The molecule has 0 heterocycles. The number of anilines is 1. The van der Waals surface area contributed by atoms with E-state index in [2.05, 4.69) is 21.2 Å². The molecule has 2 aromatic carbocycles. The third kappa shape index (κ3) is 3.74. The largest absolute Gasteiger partial charge is 0.465 e. The molecule has 2 aromatic rings. The molecule has 1 N–H and O–H groups in total. The number of halogens is 2. The van der Waals surface area contributed by atoms with E-state index in [1.165, 1.54) is 7.11 Å². The Labute approximate surface area is 131 Å². The Kier molecular flexibility index (Phi) is 5.04. The SMILES string of the molecule is COC(=O)c1cc(NCc2cccc(Br)c2)ccc1Cl. The molecule has 0 amide bonds. The lowest BCUT2D eigenvalue weighted by molar-refractivity contribution is 0.0601. The van der Waals surface area contributed by atoms with Gasteiger partial charge < -0.3 is 10.1 Å². The fourth-order valence-electron chi connectivity index (χ4n) is 1.75. The second-order valence-corrected chi connectivity index (χ2v) is 5.49. The van der Waals surface area contributed by atoms with E-state index in [0.717, 1.165) is 15.7 Å². The molecule has 0 fully saturated rings. The third-order valence-electron chi connectivity index (χ3n) is 2.76. The summed E-state index contributed by atoms with van der Waals surface area (Å²) < 4.78 is 5.72. The fourth-order valence-corrected chi connectivity index (χ4v) is 2.39. The fraction of sp³-hybridized carbons (Fsp3) is 0.133. The highest BCUT2D eigenvalue weighted by Crippen LogP contribution is 2.22. The number of hydrogen-bond acceptors (Lipinski definition) is 3. The minimum atomic E-state index is -0.443. The summed E-state index contributed by atoms with van der Waals surface area (Å²) in [5, 5.41) is 3.63. The molecule has 0 saturated carbocycles. The van der Waals surface area contributed by atoms with Crippen molar-refractivity contribution >= 4 is 39.2 Å². The second kappa shape index (κ2) is 6.77. The van der Waals surface area contributed by atoms with E-state index in [-0.39, 0.29) is 0 Å². The Bertz CT molecular complexity index is 631. The van der Waals surface area contributed by atoms with Crippen LogP contribution in [-0.2, 0) is 11.3 Å². The number of ether oxygens (including phenoxy) is 1. The van der Waals surface area contributed by atoms with Crippen LogP contribution in [-0.4, -0.2) is 13.1 Å². The van der Waals surface area contributed by atoms with Gasteiger partial charge in [-0.05, 0) is 35.9 Å². The van der Waals surface area contributed by atoms with E-state index in [1.54, 1.807) is 12.1 Å². The normalized spacial score (nSPS) is 10.2. The van der Waals surface area contributed by atoms with Crippen molar-refractivity contribution < 1.29 is 9.53 Å².